The minimum atomic E-state index is -0.250. The van der Waals surface area contributed by atoms with Crippen LogP contribution in [0.15, 0.2) is 65.3 Å². The number of halogens is 1. The van der Waals surface area contributed by atoms with E-state index in [0.717, 1.165) is 40.0 Å². The van der Waals surface area contributed by atoms with E-state index in [1.807, 2.05) is 65.7 Å². The molecule has 3 atom stereocenters. The molecule has 0 radical (unpaired) electrons. The van der Waals surface area contributed by atoms with E-state index < -0.39 is 0 Å². The Balaban J connectivity index is 1.32. The molecule has 1 aliphatic carbocycles. The van der Waals surface area contributed by atoms with Crippen molar-refractivity contribution in [3.63, 3.8) is 0 Å². The highest BCUT2D eigenvalue weighted by Crippen LogP contribution is 2.53. The molecule has 2 aliphatic rings. The fraction of sp³-hybridized carbons (Fsp3) is 0.273. The number of nitrogens with zero attached hydrogens (tertiary/aromatic N) is 2. The predicted octanol–water partition coefficient (Wildman–Crippen LogP) is 5.31. The number of fused-ring (bicyclic) bond motifs is 1. The molecule has 0 bridgehead atoms. The van der Waals surface area contributed by atoms with Crippen molar-refractivity contribution in [2.45, 2.75) is 31.5 Å². The summed E-state index contributed by atoms with van der Waals surface area (Å²) in [5.74, 6) is 1.40. The molecule has 1 amide bonds. The van der Waals surface area contributed by atoms with Crippen LogP contribution in [0.1, 0.15) is 30.3 Å². The van der Waals surface area contributed by atoms with E-state index in [2.05, 4.69) is 25.9 Å². The quantitative estimate of drug-likeness (QED) is 0.601. The van der Waals surface area contributed by atoms with E-state index in [-0.39, 0.29) is 18.2 Å². The molecule has 6 heteroatoms. The van der Waals surface area contributed by atoms with Crippen LogP contribution in [-0.4, -0.2) is 27.0 Å². The van der Waals surface area contributed by atoms with Gasteiger partial charge in [-0.3, -0.25) is 4.90 Å². The molecule has 1 aromatic heterocycles. The lowest BCUT2D eigenvalue weighted by molar-refractivity contribution is 0.0833. The summed E-state index contributed by atoms with van der Waals surface area (Å²) in [6, 6.07) is 18.1. The van der Waals surface area contributed by atoms with Crippen LogP contribution < -0.4 is 0 Å². The molecule has 1 saturated heterocycles. The molecule has 1 N–H and O–H groups in total. The van der Waals surface area contributed by atoms with Gasteiger partial charge in [0.25, 0.3) is 0 Å². The second-order valence-electron chi connectivity index (χ2n) is 7.45. The lowest BCUT2D eigenvalue weighted by Crippen LogP contribution is -2.34. The molecule has 3 aromatic rings. The van der Waals surface area contributed by atoms with Gasteiger partial charge >= 0.3 is 6.09 Å². The van der Waals surface area contributed by atoms with Gasteiger partial charge in [0, 0.05) is 10.5 Å². The Morgan fingerprint density at radius 2 is 1.93 bits per heavy atom. The summed E-state index contributed by atoms with van der Waals surface area (Å²) in [5, 5.41) is 0. The maximum absolute atomic E-state index is 12.8. The van der Waals surface area contributed by atoms with Gasteiger partial charge in [0.15, 0.2) is 0 Å². The van der Waals surface area contributed by atoms with Gasteiger partial charge in [0.1, 0.15) is 12.4 Å². The van der Waals surface area contributed by atoms with Crippen LogP contribution in [0.2, 0.25) is 0 Å². The van der Waals surface area contributed by atoms with Crippen LogP contribution in [0.25, 0.3) is 11.3 Å². The van der Waals surface area contributed by atoms with Crippen molar-refractivity contribution in [3.8, 4) is 11.3 Å². The molecule has 1 saturated carbocycles. The summed E-state index contributed by atoms with van der Waals surface area (Å²) in [6.45, 7) is 0.294. The van der Waals surface area contributed by atoms with E-state index in [9.17, 15) is 4.79 Å². The summed E-state index contributed by atoms with van der Waals surface area (Å²) in [6.07, 6.45) is 3.60. The van der Waals surface area contributed by atoms with Gasteiger partial charge in [-0.15, -0.1) is 0 Å². The smallest absolute Gasteiger partial charge is 0.410 e. The number of hydrogen-bond acceptors (Lipinski definition) is 3. The normalized spacial score (nSPS) is 22.8. The van der Waals surface area contributed by atoms with Crippen molar-refractivity contribution in [3.05, 3.63) is 76.7 Å². The Bertz CT molecular complexity index is 987. The Morgan fingerprint density at radius 3 is 2.71 bits per heavy atom. The number of nitrogens with one attached hydrogen (secondary N) is 1. The zero-order chi connectivity index (χ0) is 19.1. The van der Waals surface area contributed by atoms with Crippen molar-refractivity contribution in [1.82, 2.24) is 14.9 Å². The number of aromatic nitrogens is 2. The molecule has 142 valence electrons. The van der Waals surface area contributed by atoms with E-state index in [4.69, 9.17) is 4.74 Å². The van der Waals surface area contributed by atoms with Crippen LogP contribution in [0.4, 0.5) is 4.79 Å². The Kier molecular flexibility index (Phi) is 4.43. The average Bonchev–Trinajstić information content (AvgIpc) is 3.15. The van der Waals surface area contributed by atoms with Gasteiger partial charge in [-0.05, 0) is 42.0 Å². The molecule has 1 aliphatic heterocycles. The summed E-state index contributed by atoms with van der Waals surface area (Å²) < 4.78 is 6.65. The van der Waals surface area contributed by atoms with Gasteiger partial charge in [-0.2, -0.15) is 0 Å². The van der Waals surface area contributed by atoms with Gasteiger partial charge in [0.2, 0.25) is 0 Å². The van der Waals surface area contributed by atoms with Crippen molar-refractivity contribution in [1.29, 1.82) is 0 Å². The Hall–Kier alpha value is -2.60. The summed E-state index contributed by atoms with van der Waals surface area (Å²) in [4.78, 5) is 22.7. The molecule has 5 nitrogen and oxygen atoms in total. The van der Waals surface area contributed by atoms with Crippen LogP contribution in [0.3, 0.4) is 0 Å². The minimum absolute atomic E-state index is 0.0452. The molecular weight excluding hydrogens is 418 g/mol. The SMILES string of the molecule is O=C(OCc1ccccc1)N1C2C[C@@H]2C[C@H]1c1ncc(-c2ccc(Br)cc2)[nH]1. The van der Waals surface area contributed by atoms with E-state index in [1.54, 1.807) is 0 Å². The molecule has 0 spiro atoms. The van der Waals surface area contributed by atoms with Crippen molar-refractivity contribution in [2.75, 3.05) is 0 Å². The molecule has 2 heterocycles. The number of imidazole rings is 1. The number of piperidine rings is 1. The van der Waals surface area contributed by atoms with E-state index >= 15 is 0 Å². The first-order chi connectivity index (χ1) is 13.7. The fourth-order valence-corrected chi connectivity index (χ4v) is 4.30. The minimum Gasteiger partial charge on any atom is -0.445 e. The van der Waals surface area contributed by atoms with Crippen LogP contribution in [0, 0.1) is 5.92 Å². The second-order valence-corrected chi connectivity index (χ2v) is 8.37. The average molecular weight is 438 g/mol. The zero-order valence-electron chi connectivity index (χ0n) is 15.2. The van der Waals surface area contributed by atoms with Gasteiger partial charge in [0.05, 0.1) is 17.9 Å². The molecular formula is C22H20BrN3O2. The number of rotatable bonds is 4. The molecule has 28 heavy (non-hydrogen) atoms. The second kappa shape index (κ2) is 7.09. The lowest BCUT2D eigenvalue weighted by atomic mass is 10.1. The summed E-state index contributed by atoms with van der Waals surface area (Å²) in [7, 11) is 0. The first kappa shape index (κ1) is 17.5. The standard InChI is InChI=1S/C22H20BrN3O2/c23-17-8-6-15(7-9-17)18-12-24-21(25-18)20-11-16-10-19(16)26(20)22(27)28-13-14-4-2-1-3-5-14/h1-9,12,16,19-20H,10-11,13H2,(H,24,25)/t16-,19?,20+/m1/s1. The third-order valence-corrected chi connectivity index (χ3v) is 6.12. The number of H-pyrrole nitrogens is 1. The Morgan fingerprint density at radius 1 is 1.14 bits per heavy atom. The Labute approximate surface area is 171 Å². The van der Waals surface area contributed by atoms with Crippen molar-refractivity contribution < 1.29 is 9.53 Å². The number of carbonyl (C=O) groups is 1. The van der Waals surface area contributed by atoms with Crippen LogP contribution in [0.5, 0.6) is 0 Å². The third-order valence-electron chi connectivity index (χ3n) is 5.59. The predicted molar refractivity (Wildman–Crippen MR) is 109 cm³/mol. The lowest BCUT2D eigenvalue weighted by Gasteiger charge is -2.25. The zero-order valence-corrected chi connectivity index (χ0v) is 16.8. The van der Waals surface area contributed by atoms with E-state index in [1.165, 1.54) is 0 Å². The molecule has 5 rings (SSSR count). The summed E-state index contributed by atoms with van der Waals surface area (Å²) >= 11 is 3.46. The van der Waals surface area contributed by atoms with E-state index in [0.29, 0.717) is 12.5 Å². The number of benzene rings is 2. The highest BCUT2D eigenvalue weighted by Gasteiger charge is 2.55. The number of carbonyl (C=O) groups excluding carboxylic acids is 1. The molecule has 2 aromatic carbocycles. The fourth-order valence-electron chi connectivity index (χ4n) is 4.04. The monoisotopic (exact) mass is 437 g/mol. The first-order valence-electron chi connectivity index (χ1n) is 9.49. The first-order valence-corrected chi connectivity index (χ1v) is 10.3. The maximum atomic E-state index is 12.8. The molecule has 2 fully saturated rings. The largest absolute Gasteiger partial charge is 0.445 e. The van der Waals surface area contributed by atoms with Gasteiger partial charge in [-0.1, -0.05) is 58.4 Å². The van der Waals surface area contributed by atoms with Crippen molar-refractivity contribution in [2.24, 2.45) is 5.92 Å². The van der Waals surface area contributed by atoms with Crippen molar-refractivity contribution >= 4 is 22.0 Å². The van der Waals surface area contributed by atoms with Gasteiger partial charge in [-0.25, -0.2) is 9.78 Å². The maximum Gasteiger partial charge on any atom is 0.410 e. The van der Waals surface area contributed by atoms with Crippen LogP contribution in [-0.2, 0) is 11.3 Å². The number of hydrogen-bond donors (Lipinski definition) is 1. The topological polar surface area (TPSA) is 58.2 Å². The highest BCUT2D eigenvalue weighted by molar-refractivity contribution is 9.10. The number of likely N-dealkylation sites (tertiary alicyclic amines) is 1. The summed E-state index contributed by atoms with van der Waals surface area (Å²) in [5.41, 5.74) is 3.03. The third kappa shape index (κ3) is 3.33. The molecule has 1 unspecified atom stereocenters. The number of aromatic amines is 1. The van der Waals surface area contributed by atoms with Crippen LogP contribution >= 0.6 is 15.9 Å². The number of ether oxygens (including phenoxy) is 1. The highest BCUT2D eigenvalue weighted by atomic mass is 79.9. The number of amides is 1. The van der Waals surface area contributed by atoms with Gasteiger partial charge < -0.3 is 9.72 Å².